The van der Waals surface area contributed by atoms with Gasteiger partial charge in [0.05, 0.1) is 12.2 Å². The molecule has 2 N–H and O–H groups in total. The van der Waals surface area contributed by atoms with Crippen molar-refractivity contribution in [3.63, 3.8) is 0 Å². The summed E-state index contributed by atoms with van der Waals surface area (Å²) in [7, 11) is 0. The van der Waals surface area contributed by atoms with Crippen LogP contribution in [-0.4, -0.2) is 25.3 Å². The normalized spacial score (nSPS) is 20.8. The van der Waals surface area contributed by atoms with Gasteiger partial charge in [-0.1, -0.05) is 22.0 Å². The van der Waals surface area contributed by atoms with Gasteiger partial charge in [0, 0.05) is 29.3 Å². The van der Waals surface area contributed by atoms with E-state index in [1.54, 1.807) is 0 Å². The predicted molar refractivity (Wildman–Crippen MR) is 79.0 cm³/mol. The number of nitrogens with zero attached hydrogens (tertiary/aromatic N) is 1. The molecular formula is C14H21BrN2O. The number of ether oxygens (including phenoxy) is 1. The third-order valence-electron chi connectivity index (χ3n) is 3.25. The molecule has 0 spiro atoms. The minimum Gasteiger partial charge on any atom is -0.372 e. The second-order valence-electron chi connectivity index (χ2n) is 5.52. The number of halogens is 1. The summed E-state index contributed by atoms with van der Waals surface area (Å²) in [5.41, 5.74) is 8.37. The minimum atomic E-state index is -0.102. The molecule has 1 aliphatic rings. The zero-order valence-electron chi connectivity index (χ0n) is 11.2. The molecule has 0 saturated carbocycles. The molecule has 1 heterocycles. The van der Waals surface area contributed by atoms with Crippen molar-refractivity contribution in [3.05, 3.63) is 28.2 Å². The summed E-state index contributed by atoms with van der Waals surface area (Å²) in [5, 5.41) is 0. The molecule has 0 amide bonds. The first-order valence-electron chi connectivity index (χ1n) is 6.33. The van der Waals surface area contributed by atoms with Gasteiger partial charge in [-0.05, 0) is 38.5 Å². The maximum atomic E-state index is 6.07. The molecule has 4 heteroatoms. The monoisotopic (exact) mass is 312 g/mol. The van der Waals surface area contributed by atoms with Gasteiger partial charge in [-0.2, -0.15) is 0 Å². The number of anilines is 1. The Morgan fingerprint density at radius 2 is 2.17 bits per heavy atom. The SMILES string of the molecule is CC(N)c1ccc(Br)cc1N1CCOC(C)(C)C1. The van der Waals surface area contributed by atoms with Gasteiger partial charge in [0.25, 0.3) is 0 Å². The number of morpholine rings is 1. The molecule has 1 unspecified atom stereocenters. The van der Waals surface area contributed by atoms with Crippen LogP contribution in [0.15, 0.2) is 22.7 Å². The van der Waals surface area contributed by atoms with Crippen LogP contribution >= 0.6 is 15.9 Å². The van der Waals surface area contributed by atoms with Gasteiger partial charge in [-0.25, -0.2) is 0 Å². The molecule has 1 saturated heterocycles. The first kappa shape index (κ1) is 13.8. The predicted octanol–water partition coefficient (Wildman–Crippen LogP) is 3.08. The standard InChI is InChI=1S/C14H21BrN2O/c1-10(16)12-5-4-11(15)8-13(12)17-6-7-18-14(2,3)9-17/h4-5,8,10H,6-7,9,16H2,1-3H3. The van der Waals surface area contributed by atoms with Crippen molar-refractivity contribution in [2.45, 2.75) is 32.4 Å². The zero-order valence-corrected chi connectivity index (χ0v) is 12.8. The van der Waals surface area contributed by atoms with Gasteiger partial charge in [0.1, 0.15) is 0 Å². The largest absolute Gasteiger partial charge is 0.372 e. The summed E-state index contributed by atoms with van der Waals surface area (Å²) in [5.74, 6) is 0. The lowest BCUT2D eigenvalue weighted by atomic mass is 10.0. The zero-order chi connectivity index (χ0) is 13.3. The molecule has 0 aromatic heterocycles. The van der Waals surface area contributed by atoms with Gasteiger partial charge < -0.3 is 15.4 Å². The van der Waals surface area contributed by atoms with Crippen LogP contribution in [0.3, 0.4) is 0 Å². The Hall–Kier alpha value is -0.580. The van der Waals surface area contributed by atoms with E-state index in [9.17, 15) is 0 Å². The minimum absolute atomic E-state index is 0.0408. The lowest BCUT2D eigenvalue weighted by Crippen LogP contribution is -2.48. The van der Waals surface area contributed by atoms with Crippen LogP contribution in [0, 0.1) is 0 Å². The highest BCUT2D eigenvalue weighted by molar-refractivity contribution is 9.10. The van der Waals surface area contributed by atoms with E-state index in [-0.39, 0.29) is 11.6 Å². The topological polar surface area (TPSA) is 38.5 Å². The van der Waals surface area contributed by atoms with Crippen molar-refractivity contribution in [1.82, 2.24) is 0 Å². The van der Waals surface area contributed by atoms with Crippen molar-refractivity contribution in [1.29, 1.82) is 0 Å². The van der Waals surface area contributed by atoms with E-state index in [4.69, 9.17) is 10.5 Å². The molecule has 0 radical (unpaired) electrons. The van der Waals surface area contributed by atoms with E-state index in [1.807, 2.05) is 13.0 Å². The van der Waals surface area contributed by atoms with Crippen LogP contribution < -0.4 is 10.6 Å². The van der Waals surface area contributed by atoms with Crippen molar-refractivity contribution >= 4 is 21.6 Å². The Balaban J connectivity index is 2.34. The molecule has 18 heavy (non-hydrogen) atoms. The average Bonchev–Trinajstić information content (AvgIpc) is 2.27. The fourth-order valence-electron chi connectivity index (χ4n) is 2.40. The Morgan fingerprint density at radius 1 is 1.44 bits per heavy atom. The van der Waals surface area contributed by atoms with E-state index in [1.165, 1.54) is 11.3 Å². The number of nitrogens with two attached hydrogens (primary N) is 1. The van der Waals surface area contributed by atoms with Crippen LogP contribution in [-0.2, 0) is 4.74 Å². The van der Waals surface area contributed by atoms with E-state index < -0.39 is 0 Å². The first-order chi connectivity index (χ1) is 8.39. The molecule has 1 aromatic carbocycles. The lowest BCUT2D eigenvalue weighted by molar-refractivity contribution is -0.0277. The average molecular weight is 313 g/mol. The third kappa shape index (κ3) is 3.05. The number of hydrogen-bond donors (Lipinski definition) is 1. The number of hydrogen-bond acceptors (Lipinski definition) is 3. The fourth-order valence-corrected chi connectivity index (χ4v) is 2.75. The maximum absolute atomic E-state index is 6.07. The summed E-state index contributed by atoms with van der Waals surface area (Å²) in [6, 6.07) is 6.35. The third-order valence-corrected chi connectivity index (χ3v) is 3.74. The maximum Gasteiger partial charge on any atom is 0.0801 e. The molecule has 3 nitrogen and oxygen atoms in total. The van der Waals surface area contributed by atoms with Crippen LogP contribution in [0.4, 0.5) is 5.69 Å². The molecule has 0 bridgehead atoms. The highest BCUT2D eigenvalue weighted by atomic mass is 79.9. The molecular weight excluding hydrogens is 292 g/mol. The van der Waals surface area contributed by atoms with Crippen molar-refractivity contribution < 1.29 is 4.74 Å². The van der Waals surface area contributed by atoms with Crippen LogP contribution in [0.25, 0.3) is 0 Å². The van der Waals surface area contributed by atoms with E-state index in [0.29, 0.717) is 0 Å². The van der Waals surface area contributed by atoms with Crippen LogP contribution in [0.1, 0.15) is 32.4 Å². The van der Waals surface area contributed by atoms with Crippen LogP contribution in [0.2, 0.25) is 0 Å². The summed E-state index contributed by atoms with van der Waals surface area (Å²) in [6.45, 7) is 8.85. The van der Waals surface area contributed by atoms with Gasteiger partial charge in [0.2, 0.25) is 0 Å². The highest BCUT2D eigenvalue weighted by Gasteiger charge is 2.28. The van der Waals surface area contributed by atoms with Gasteiger partial charge in [0.15, 0.2) is 0 Å². The van der Waals surface area contributed by atoms with Crippen molar-refractivity contribution in [2.75, 3.05) is 24.6 Å². The Morgan fingerprint density at radius 3 is 2.78 bits per heavy atom. The van der Waals surface area contributed by atoms with Gasteiger partial charge >= 0.3 is 0 Å². The molecule has 1 fully saturated rings. The number of rotatable bonds is 2. The van der Waals surface area contributed by atoms with E-state index in [0.717, 1.165) is 24.2 Å². The molecule has 0 aliphatic carbocycles. The Bertz CT molecular complexity index is 432. The highest BCUT2D eigenvalue weighted by Crippen LogP contribution is 2.31. The lowest BCUT2D eigenvalue weighted by Gasteiger charge is -2.40. The molecule has 1 aliphatic heterocycles. The summed E-state index contributed by atoms with van der Waals surface area (Å²) in [6.07, 6.45) is 0. The quantitative estimate of drug-likeness (QED) is 0.912. The molecule has 100 valence electrons. The summed E-state index contributed by atoms with van der Waals surface area (Å²) in [4.78, 5) is 2.37. The van der Waals surface area contributed by atoms with Crippen molar-refractivity contribution in [3.8, 4) is 0 Å². The second kappa shape index (κ2) is 5.19. The van der Waals surface area contributed by atoms with E-state index >= 15 is 0 Å². The van der Waals surface area contributed by atoms with Crippen LogP contribution in [0.5, 0.6) is 0 Å². The first-order valence-corrected chi connectivity index (χ1v) is 7.12. The summed E-state index contributed by atoms with van der Waals surface area (Å²) >= 11 is 3.54. The van der Waals surface area contributed by atoms with Gasteiger partial charge in [-0.15, -0.1) is 0 Å². The number of benzene rings is 1. The second-order valence-corrected chi connectivity index (χ2v) is 6.44. The van der Waals surface area contributed by atoms with Gasteiger partial charge in [-0.3, -0.25) is 0 Å². The van der Waals surface area contributed by atoms with Crippen molar-refractivity contribution in [2.24, 2.45) is 5.73 Å². The Kier molecular flexibility index (Phi) is 3.99. The smallest absolute Gasteiger partial charge is 0.0801 e. The molecule has 1 atom stereocenters. The fraction of sp³-hybridized carbons (Fsp3) is 0.571. The molecule has 1 aromatic rings. The van der Waals surface area contributed by atoms with E-state index in [2.05, 4.69) is 46.8 Å². The molecule has 2 rings (SSSR count). The Labute approximate surface area is 117 Å². The summed E-state index contributed by atoms with van der Waals surface area (Å²) < 4.78 is 6.85.